The van der Waals surface area contributed by atoms with Crippen LogP contribution in [0, 0.1) is 5.92 Å². The number of carbonyl (C=O) groups excluding carboxylic acids is 1. The van der Waals surface area contributed by atoms with E-state index in [1.165, 1.54) is 0 Å². The summed E-state index contributed by atoms with van der Waals surface area (Å²) in [5.74, 6) is -10.5. The Balaban J connectivity index is 3.35. The number of rotatable bonds is 3. The van der Waals surface area contributed by atoms with Crippen molar-refractivity contribution < 1.29 is 27.1 Å². The number of hydrogen-bond acceptors (Lipinski definition) is 2. The lowest BCUT2D eigenvalue weighted by Gasteiger charge is -2.35. The molecule has 1 aliphatic rings. The Hall–Kier alpha value is -1.31. The summed E-state index contributed by atoms with van der Waals surface area (Å²) in [6.45, 7) is 0.939. The van der Waals surface area contributed by atoms with Gasteiger partial charge in [0.15, 0.2) is 23.3 Å². The highest BCUT2D eigenvalue weighted by atomic mass is 19.2. The molecule has 1 aliphatic carbocycles. The third-order valence-corrected chi connectivity index (χ3v) is 2.80. The number of ether oxygens (including phenoxy) is 1. The van der Waals surface area contributed by atoms with Crippen molar-refractivity contribution in [3.8, 4) is 0 Å². The molecule has 98 valence electrons. The van der Waals surface area contributed by atoms with Crippen LogP contribution in [0.15, 0.2) is 23.3 Å². The summed E-state index contributed by atoms with van der Waals surface area (Å²) in [5.41, 5.74) is -2.26. The van der Waals surface area contributed by atoms with Crippen molar-refractivity contribution in [2.75, 3.05) is 13.6 Å². The van der Waals surface area contributed by atoms with Crippen LogP contribution in [0.3, 0.4) is 0 Å². The number of carbonyl (C=O) groups is 1. The molecule has 0 aromatic carbocycles. The molecule has 0 heterocycles. The van der Waals surface area contributed by atoms with Crippen molar-refractivity contribution in [3.05, 3.63) is 23.3 Å². The Labute approximate surface area is 102 Å². The number of hydrogen-bond donors (Lipinski definition) is 1. The predicted octanol–water partition coefficient (Wildman–Crippen LogP) is 1.56. The Kier molecular flexibility index (Phi) is 4.21. The molecule has 0 aromatic rings. The predicted molar refractivity (Wildman–Crippen MR) is 56.2 cm³/mol. The normalized spacial score (nSPS) is 28.7. The van der Waals surface area contributed by atoms with Crippen molar-refractivity contribution in [1.29, 1.82) is 0 Å². The molecule has 1 rings (SSSR count). The van der Waals surface area contributed by atoms with Gasteiger partial charge in [-0.1, -0.05) is 0 Å². The molecule has 0 fully saturated rings. The van der Waals surface area contributed by atoms with Crippen LogP contribution in [0.5, 0.6) is 0 Å². The Bertz CT molecular complexity index is 438. The summed E-state index contributed by atoms with van der Waals surface area (Å²) in [6.07, 6.45) is -0.363. The number of halogens is 4. The second kappa shape index (κ2) is 5.13. The maximum Gasteiger partial charge on any atom is 0.232 e. The molecule has 1 N–H and O–H groups in total. The van der Waals surface area contributed by atoms with Crippen LogP contribution in [0.2, 0.25) is 0 Å². The maximum absolute atomic E-state index is 13.6. The summed E-state index contributed by atoms with van der Waals surface area (Å²) in [6, 6.07) is 0. The fourth-order valence-corrected chi connectivity index (χ4v) is 1.69. The number of methoxy groups -OCH3 is 1. The molecule has 0 aliphatic heterocycles. The number of allylic oxidation sites excluding steroid dienone is 2. The van der Waals surface area contributed by atoms with E-state index in [0.717, 1.165) is 14.0 Å². The van der Waals surface area contributed by atoms with Crippen molar-refractivity contribution in [1.82, 2.24) is 5.32 Å². The van der Waals surface area contributed by atoms with E-state index < -0.39 is 40.7 Å². The second-order valence-corrected chi connectivity index (χ2v) is 3.78. The van der Waals surface area contributed by atoms with Gasteiger partial charge in [-0.25, -0.2) is 17.6 Å². The Morgan fingerprint density at radius 2 is 1.94 bits per heavy atom. The van der Waals surface area contributed by atoms with Crippen molar-refractivity contribution in [2.45, 2.75) is 12.5 Å². The van der Waals surface area contributed by atoms with Gasteiger partial charge in [0.1, 0.15) is 11.5 Å². The molecular formula is C10H10BF4NO2. The second-order valence-electron chi connectivity index (χ2n) is 3.78. The summed E-state index contributed by atoms with van der Waals surface area (Å²) in [4.78, 5) is 11.6. The van der Waals surface area contributed by atoms with Crippen LogP contribution in [-0.4, -0.2) is 32.9 Å². The zero-order valence-electron chi connectivity index (χ0n) is 9.69. The molecule has 0 saturated heterocycles. The topological polar surface area (TPSA) is 38.3 Å². The SMILES string of the molecule is [B]CNC(=O)C1C(F)=C(F)C(F)=C(F)C1(C)OC. The first-order valence-electron chi connectivity index (χ1n) is 4.95. The van der Waals surface area contributed by atoms with Gasteiger partial charge in [-0.05, 0) is 13.4 Å². The first-order valence-corrected chi connectivity index (χ1v) is 4.95. The molecule has 0 spiro atoms. The van der Waals surface area contributed by atoms with Crippen LogP contribution in [0.25, 0.3) is 0 Å². The smallest absolute Gasteiger partial charge is 0.232 e. The fourth-order valence-electron chi connectivity index (χ4n) is 1.69. The lowest BCUT2D eigenvalue weighted by molar-refractivity contribution is -0.133. The highest BCUT2D eigenvalue weighted by molar-refractivity contribution is 6.10. The lowest BCUT2D eigenvalue weighted by Crippen LogP contribution is -2.49. The molecule has 2 atom stereocenters. The van der Waals surface area contributed by atoms with E-state index in [1.54, 1.807) is 0 Å². The highest BCUT2D eigenvalue weighted by Gasteiger charge is 2.52. The molecule has 2 radical (unpaired) electrons. The molecular weight excluding hydrogens is 253 g/mol. The average molecular weight is 263 g/mol. The van der Waals surface area contributed by atoms with Crippen LogP contribution in [0.1, 0.15) is 6.92 Å². The largest absolute Gasteiger partial charge is 0.370 e. The third kappa shape index (κ3) is 2.05. The number of amides is 1. The van der Waals surface area contributed by atoms with Crippen molar-refractivity contribution >= 4 is 13.8 Å². The van der Waals surface area contributed by atoms with E-state index in [-0.39, 0.29) is 6.44 Å². The third-order valence-electron chi connectivity index (χ3n) is 2.80. The quantitative estimate of drug-likeness (QED) is 0.620. The van der Waals surface area contributed by atoms with Crippen molar-refractivity contribution in [3.63, 3.8) is 0 Å². The van der Waals surface area contributed by atoms with Gasteiger partial charge in [-0.2, -0.15) is 0 Å². The van der Waals surface area contributed by atoms with Gasteiger partial charge in [-0.3, -0.25) is 4.79 Å². The molecule has 0 saturated carbocycles. The molecule has 1 amide bonds. The van der Waals surface area contributed by atoms with Gasteiger partial charge in [0, 0.05) is 7.11 Å². The van der Waals surface area contributed by atoms with E-state index in [4.69, 9.17) is 7.85 Å². The van der Waals surface area contributed by atoms with Crippen LogP contribution < -0.4 is 5.32 Å². The summed E-state index contributed by atoms with van der Waals surface area (Å²) < 4.78 is 58.1. The molecule has 8 heteroatoms. The van der Waals surface area contributed by atoms with E-state index in [2.05, 4.69) is 4.74 Å². The first kappa shape index (κ1) is 14.8. The molecule has 3 nitrogen and oxygen atoms in total. The van der Waals surface area contributed by atoms with Gasteiger partial charge in [0.25, 0.3) is 0 Å². The van der Waals surface area contributed by atoms with E-state index in [9.17, 15) is 22.4 Å². The standard InChI is InChI=1S/C10H10BF4NO2/c1-10(18-2)4(9(17)16-3-11)5(12)6(13)7(14)8(10)15/h4H,3H2,1-2H3,(H,16,17). The minimum Gasteiger partial charge on any atom is -0.370 e. The minimum atomic E-state index is -2.26. The molecule has 2 unspecified atom stereocenters. The fraction of sp³-hybridized carbons (Fsp3) is 0.500. The molecule has 18 heavy (non-hydrogen) atoms. The zero-order valence-corrected chi connectivity index (χ0v) is 9.69. The van der Waals surface area contributed by atoms with Crippen LogP contribution >= 0.6 is 0 Å². The highest BCUT2D eigenvalue weighted by Crippen LogP contribution is 2.45. The van der Waals surface area contributed by atoms with Gasteiger partial charge in [-0.15, -0.1) is 0 Å². The summed E-state index contributed by atoms with van der Waals surface area (Å²) >= 11 is 0. The lowest BCUT2D eigenvalue weighted by atomic mass is 9.81. The Morgan fingerprint density at radius 3 is 2.39 bits per heavy atom. The minimum absolute atomic E-state index is 0.363. The molecule has 0 aromatic heterocycles. The monoisotopic (exact) mass is 263 g/mol. The van der Waals surface area contributed by atoms with E-state index in [0.29, 0.717) is 0 Å². The van der Waals surface area contributed by atoms with E-state index in [1.807, 2.05) is 5.32 Å². The van der Waals surface area contributed by atoms with Gasteiger partial charge >= 0.3 is 0 Å². The first-order chi connectivity index (χ1) is 8.31. The summed E-state index contributed by atoms with van der Waals surface area (Å²) in [5, 5.41) is 2.00. The summed E-state index contributed by atoms with van der Waals surface area (Å²) in [7, 11) is 5.97. The average Bonchev–Trinajstić information content (AvgIpc) is 2.34. The number of nitrogens with one attached hydrogen (secondary N) is 1. The molecule has 0 bridgehead atoms. The van der Waals surface area contributed by atoms with Crippen LogP contribution in [-0.2, 0) is 9.53 Å². The van der Waals surface area contributed by atoms with Crippen molar-refractivity contribution in [2.24, 2.45) is 5.92 Å². The maximum atomic E-state index is 13.6. The van der Waals surface area contributed by atoms with Crippen LogP contribution in [0.4, 0.5) is 17.6 Å². The van der Waals surface area contributed by atoms with Gasteiger partial charge < -0.3 is 10.1 Å². The van der Waals surface area contributed by atoms with E-state index >= 15 is 0 Å². The Morgan fingerprint density at radius 1 is 1.39 bits per heavy atom. The van der Waals surface area contributed by atoms with Gasteiger partial charge in [0.05, 0.1) is 7.85 Å². The zero-order chi connectivity index (χ0) is 14.1. The van der Waals surface area contributed by atoms with Gasteiger partial charge in [0.2, 0.25) is 5.91 Å².